The van der Waals surface area contributed by atoms with Crippen molar-refractivity contribution in [2.45, 2.75) is 124 Å². The molecule has 9 heterocycles. The topological polar surface area (TPSA) is 221 Å². The van der Waals surface area contributed by atoms with Crippen LogP contribution in [-0.2, 0) is 77.1 Å². The average Bonchev–Trinajstić information content (AvgIpc) is 1.70. The van der Waals surface area contributed by atoms with Crippen molar-refractivity contribution in [1.82, 2.24) is 48.7 Å². The maximum absolute atomic E-state index is 13.4. The van der Waals surface area contributed by atoms with Crippen LogP contribution < -0.4 is 4.74 Å². The predicted octanol–water partition coefficient (Wildman–Crippen LogP) is 15.5. The number of carbonyl (C=O) groups is 4. The van der Waals surface area contributed by atoms with Crippen molar-refractivity contribution >= 4 is 95.2 Å². The van der Waals surface area contributed by atoms with E-state index in [1.54, 1.807) is 79.3 Å². The number of pyridine rings is 3. The van der Waals surface area contributed by atoms with Gasteiger partial charge in [-0.15, -0.1) is 11.6 Å². The predicted molar refractivity (Wildman–Crippen MR) is 406 cm³/mol. The molecule has 0 spiro atoms. The Bertz CT molecular complexity index is 4610. The lowest BCUT2D eigenvalue weighted by atomic mass is 9.99. The van der Waals surface area contributed by atoms with Crippen molar-refractivity contribution in [3.05, 3.63) is 225 Å². The van der Waals surface area contributed by atoms with Crippen LogP contribution in [-0.4, -0.2) is 159 Å². The smallest absolute Gasteiger partial charge is 0.409 e. The Balaban J connectivity index is 0.000000186. The van der Waals surface area contributed by atoms with Gasteiger partial charge >= 0.3 is 5.43 Å². The fraction of sp³-hybridized carbons (Fsp3) is 0.364. The van der Waals surface area contributed by atoms with Gasteiger partial charge in [0.25, 0.3) is 17.7 Å². The molecule has 3 amide bonds. The van der Waals surface area contributed by atoms with Gasteiger partial charge in [0.05, 0.1) is 61.4 Å². The number of aromatic nitrogens is 6. The molecular weight excluding hydrogens is 1420 g/mol. The molecule has 2 N–H and O–H groups in total. The van der Waals surface area contributed by atoms with E-state index in [1.807, 2.05) is 41.7 Å². The van der Waals surface area contributed by atoms with Crippen molar-refractivity contribution in [2.24, 2.45) is 0 Å². The van der Waals surface area contributed by atoms with Crippen molar-refractivity contribution in [1.29, 1.82) is 0 Å². The van der Waals surface area contributed by atoms with E-state index < -0.39 is 27.5 Å². The highest BCUT2D eigenvalue weighted by molar-refractivity contribution is 6.76. The van der Waals surface area contributed by atoms with Crippen molar-refractivity contribution in [3.8, 4) is 5.75 Å². The van der Waals surface area contributed by atoms with Crippen LogP contribution in [0, 0.1) is 17.5 Å². The Morgan fingerprint density at radius 1 is 0.543 bits per heavy atom. The molecule has 0 unspecified atom stereocenters. The molecule has 0 bridgehead atoms. The summed E-state index contributed by atoms with van der Waals surface area (Å²) < 4.78 is 61.6. The van der Waals surface area contributed by atoms with Crippen molar-refractivity contribution < 1.29 is 66.5 Å². The summed E-state index contributed by atoms with van der Waals surface area (Å²) in [6.45, 7) is 18.5. The number of aliphatic hydroxyl groups excluding tert-OH is 1. The first-order valence-electron chi connectivity index (χ1n) is 33.8. The van der Waals surface area contributed by atoms with E-state index in [1.165, 1.54) is 46.5 Å². The standard InChI is InChI=1S/C26H35FN4O3Si.C24H29ClFN3O3Si.C18H16FN3O3.C7H5ClO2.2CH4/c1-29(2)16-20-17-30(15-19-6-8-21(27)9-7-19)23-14-28-25-22(24(20)23)10-11-31(26(25)32)34-18-33-12-13-35(3,4)5;1-33(2,3)11-10-31-16-32-29-9-8-20-22-18(12-25)15-28(14-17-4-6-19(26)7-5-17)21(22)13-27-23(20)24(29)30;19-13-3-1-11(2-4-13)8-21-9-12(10-23)16-14-5-6-22(25)18(24)17(14)20-7-15(16)21;8-7(9)10-6-4-2-1-3-5-6;;/h6-9,14,17H,10-13,15-16,18H2,1-5H3;4-7,13,15H,8-12,14,16H2,1-3H3;1-4,7,9,23,25H,5-6,8,10H2;1-5H;2*1H4. The summed E-state index contributed by atoms with van der Waals surface area (Å²) in [6.07, 6.45) is 12.7. The first-order valence-corrected chi connectivity index (χ1v) is 42.1. The molecule has 0 aliphatic carbocycles. The van der Waals surface area contributed by atoms with Crippen LogP contribution in [0.1, 0.15) is 96.4 Å². The summed E-state index contributed by atoms with van der Waals surface area (Å²) in [5.74, 6) is -1.05. The molecule has 0 fully saturated rings. The Labute approximate surface area is 622 Å². The second-order valence-corrected chi connectivity index (χ2v) is 39.7. The number of hydroxylamine groups is 6. The van der Waals surface area contributed by atoms with E-state index in [0.717, 1.165) is 95.8 Å². The summed E-state index contributed by atoms with van der Waals surface area (Å²) in [5.41, 5.74) is 11.2. The van der Waals surface area contributed by atoms with Gasteiger partial charge in [-0.2, -0.15) is 0 Å². The van der Waals surface area contributed by atoms with Gasteiger partial charge in [0, 0.05) is 113 Å². The molecule has 21 nitrogen and oxygen atoms in total. The molecule has 13 rings (SSSR count). The number of halogens is 5. The molecule has 0 atom stereocenters. The van der Waals surface area contributed by atoms with Gasteiger partial charge in [0.1, 0.15) is 40.3 Å². The summed E-state index contributed by atoms with van der Waals surface area (Å²) in [6, 6.07) is 29.9. The minimum absolute atomic E-state index is 0. The van der Waals surface area contributed by atoms with Crippen molar-refractivity contribution in [2.75, 3.05) is 60.5 Å². The SMILES string of the molecule is C.C.CN(C)Cc1cn(Cc2ccc(F)cc2)c2cnc3c(c12)CCN(OCOCC[Si](C)(C)C)C3=O.C[Si](C)(C)CCOCON1CCc2c(ncc3c2c(CCl)cn3Cc2ccc(F)cc2)C1=O.O=C(Cl)Oc1ccccc1.O=C1c2ncc3c(c(CO)cn3Cc3ccc(F)cc3)c2CCN1O. The van der Waals surface area contributed by atoms with Crippen LogP contribution in [0.15, 0.2) is 140 Å². The van der Waals surface area contributed by atoms with Gasteiger partial charge < -0.3 is 37.9 Å². The second kappa shape index (κ2) is 37.1. The molecule has 0 saturated heterocycles. The first kappa shape index (κ1) is 82.0. The van der Waals surface area contributed by atoms with Crippen LogP contribution in [0.4, 0.5) is 18.0 Å². The number of benzene rings is 4. The third kappa shape index (κ3) is 21.3. The third-order valence-corrected chi connectivity index (χ3v) is 21.2. The third-order valence-electron chi connectivity index (χ3n) is 17.4. The van der Waals surface area contributed by atoms with E-state index in [9.17, 15) is 42.7 Å². The van der Waals surface area contributed by atoms with Crippen LogP contribution in [0.25, 0.3) is 32.7 Å². The highest BCUT2D eigenvalue weighted by Crippen LogP contribution is 2.35. The van der Waals surface area contributed by atoms with Gasteiger partial charge in [-0.1, -0.05) is 109 Å². The number of alkyl halides is 1. The Kier molecular flexibility index (Phi) is 28.9. The zero-order valence-electron chi connectivity index (χ0n) is 58.9. The minimum atomic E-state index is -1.17. The lowest BCUT2D eigenvalue weighted by Crippen LogP contribution is -2.39. The quantitative estimate of drug-likeness (QED) is 0.0152. The second-order valence-electron chi connectivity index (χ2n) is 27.9. The summed E-state index contributed by atoms with van der Waals surface area (Å²) in [5, 5.41) is 25.6. The number of aliphatic hydroxyl groups is 1. The first-order chi connectivity index (χ1) is 49.3. The van der Waals surface area contributed by atoms with Gasteiger partial charge in [-0.05, 0) is 138 Å². The summed E-state index contributed by atoms with van der Waals surface area (Å²) in [7, 11) is 1.72. The van der Waals surface area contributed by atoms with Gasteiger partial charge in [-0.25, -0.2) is 57.8 Å². The molecule has 105 heavy (non-hydrogen) atoms. The fourth-order valence-electron chi connectivity index (χ4n) is 12.2. The number of nitrogens with zero attached hydrogens (tertiary/aromatic N) is 10. The minimum Gasteiger partial charge on any atom is -0.415 e. The van der Waals surface area contributed by atoms with E-state index in [0.29, 0.717) is 98.8 Å². The number of rotatable bonds is 23. The molecule has 4 aromatic carbocycles. The van der Waals surface area contributed by atoms with Crippen LogP contribution in [0.5, 0.6) is 5.75 Å². The number of hydrogen-bond donors (Lipinski definition) is 2. The van der Waals surface area contributed by atoms with Crippen molar-refractivity contribution in [3.63, 3.8) is 0 Å². The number of fused-ring (bicyclic) bond motifs is 9. The molecular formula is C77H93Cl2F3N10O11Si2. The van der Waals surface area contributed by atoms with Gasteiger partial charge in [-0.3, -0.25) is 19.6 Å². The highest BCUT2D eigenvalue weighted by atomic mass is 35.5. The molecule has 28 heteroatoms. The Morgan fingerprint density at radius 2 is 0.914 bits per heavy atom. The van der Waals surface area contributed by atoms with Gasteiger partial charge in [0.15, 0.2) is 13.6 Å². The van der Waals surface area contributed by atoms with Crippen LogP contribution in [0.3, 0.4) is 0 Å². The number of amides is 3. The summed E-state index contributed by atoms with van der Waals surface area (Å²) in [4.78, 5) is 75.1. The van der Waals surface area contributed by atoms with Crippen LogP contribution in [0.2, 0.25) is 51.4 Å². The normalized spacial score (nSPS) is 13.4. The van der Waals surface area contributed by atoms with Gasteiger partial charge in [0.2, 0.25) is 0 Å². The maximum atomic E-state index is 13.4. The zero-order chi connectivity index (χ0) is 73.7. The van der Waals surface area contributed by atoms with E-state index >= 15 is 0 Å². The molecule has 10 aromatic rings. The molecule has 0 saturated carbocycles. The molecule has 0 radical (unpaired) electrons. The Hall–Kier alpha value is -8.65. The lowest BCUT2D eigenvalue weighted by molar-refractivity contribution is -0.195. The average molecular weight is 1520 g/mol. The Morgan fingerprint density at radius 3 is 1.30 bits per heavy atom. The zero-order valence-corrected chi connectivity index (χ0v) is 62.4. The number of hydrogen-bond acceptors (Lipinski definition) is 15. The number of ether oxygens (including phenoxy) is 3. The molecule has 560 valence electrons. The monoisotopic (exact) mass is 1520 g/mol. The van der Waals surface area contributed by atoms with Crippen LogP contribution >= 0.6 is 23.2 Å². The highest BCUT2D eigenvalue weighted by Gasteiger charge is 2.33. The van der Waals surface area contributed by atoms with E-state index in [4.69, 9.17) is 42.4 Å². The number of carbonyl (C=O) groups excluding carboxylic acids is 4. The number of para-hydroxylation sites is 1. The molecule has 6 aromatic heterocycles. The maximum Gasteiger partial charge on any atom is 0.409 e. The largest absolute Gasteiger partial charge is 0.415 e. The van der Waals surface area contributed by atoms with E-state index in [-0.39, 0.29) is 76.6 Å². The lowest BCUT2D eigenvalue weighted by Gasteiger charge is -2.27. The summed E-state index contributed by atoms with van der Waals surface area (Å²) >= 11 is 11.2. The molecule has 3 aliphatic heterocycles. The van der Waals surface area contributed by atoms with E-state index in [2.05, 4.69) is 74.6 Å². The molecule has 3 aliphatic rings. The fourth-order valence-corrected chi connectivity index (χ4v) is 14.1.